The predicted molar refractivity (Wildman–Crippen MR) is 162 cm³/mol. The maximum Gasteiger partial charge on any atom is 0.338 e. The summed E-state index contributed by atoms with van der Waals surface area (Å²) in [6.45, 7) is 6.57. The van der Waals surface area contributed by atoms with Crippen LogP contribution in [0.5, 0.6) is 17.2 Å². The van der Waals surface area contributed by atoms with Gasteiger partial charge in [0.2, 0.25) is 5.75 Å². The number of carbonyl (C=O) groups is 1. The quantitative estimate of drug-likeness (QED) is 0.0882. The van der Waals surface area contributed by atoms with Crippen molar-refractivity contribution in [3.05, 3.63) is 83.2 Å². The Hall–Kier alpha value is -3.87. The fourth-order valence-corrected chi connectivity index (χ4v) is 4.29. The van der Waals surface area contributed by atoms with Crippen molar-refractivity contribution >= 4 is 17.9 Å². The second-order valence-electron chi connectivity index (χ2n) is 9.65. The fourth-order valence-electron chi connectivity index (χ4n) is 4.29. The molecule has 0 fully saturated rings. The molecule has 0 unspecified atom stereocenters. The summed E-state index contributed by atoms with van der Waals surface area (Å²) in [7, 11) is 0. The van der Waals surface area contributed by atoms with E-state index in [1.165, 1.54) is 56.2 Å². The van der Waals surface area contributed by atoms with Crippen LogP contribution in [0.3, 0.4) is 0 Å². The van der Waals surface area contributed by atoms with Crippen molar-refractivity contribution in [2.45, 2.75) is 65.7 Å². The molecule has 0 atom stereocenters. The van der Waals surface area contributed by atoms with Gasteiger partial charge in [0, 0.05) is 18.3 Å². The summed E-state index contributed by atoms with van der Waals surface area (Å²) < 4.78 is 36.0. The average Bonchev–Trinajstić information content (AvgIpc) is 2.98. The highest BCUT2D eigenvalue weighted by atomic mass is 19.1. The van der Waals surface area contributed by atoms with Crippen LogP contribution in [-0.2, 0) is 11.2 Å². The molecule has 0 aromatic heterocycles. The molecule has 0 saturated carbocycles. The van der Waals surface area contributed by atoms with Gasteiger partial charge < -0.3 is 18.9 Å². The summed E-state index contributed by atoms with van der Waals surface area (Å²) in [5.41, 5.74) is 3.54. The van der Waals surface area contributed by atoms with Gasteiger partial charge in [-0.15, -0.1) is 0 Å². The van der Waals surface area contributed by atoms with Crippen LogP contribution in [0.2, 0.25) is 0 Å². The highest BCUT2D eigenvalue weighted by Crippen LogP contribution is 2.38. The highest BCUT2D eigenvalue weighted by molar-refractivity contribution is 5.91. The predicted octanol–water partition coefficient (Wildman–Crippen LogP) is 8.51. The van der Waals surface area contributed by atoms with Gasteiger partial charge in [-0.25, -0.2) is 9.18 Å². The molecule has 3 aromatic carbocycles. The molecule has 41 heavy (non-hydrogen) atoms. The Bertz CT molecular complexity index is 1200. The molecule has 0 amide bonds. The van der Waals surface area contributed by atoms with Gasteiger partial charge >= 0.3 is 5.97 Å². The van der Waals surface area contributed by atoms with Gasteiger partial charge in [0.15, 0.2) is 11.5 Å². The van der Waals surface area contributed by atoms with E-state index in [2.05, 4.69) is 24.0 Å². The van der Waals surface area contributed by atoms with Crippen LogP contribution >= 0.6 is 0 Å². The molecule has 0 N–H and O–H groups in total. The number of unbranched alkanes of at least 4 members (excludes halogenated alkanes) is 5. The first-order valence-electron chi connectivity index (χ1n) is 14.7. The number of aryl methyl sites for hydroxylation is 1. The molecular formula is C34H42FNO5. The van der Waals surface area contributed by atoms with Crippen molar-refractivity contribution in [2.24, 2.45) is 4.99 Å². The Kier molecular flexibility index (Phi) is 13.7. The molecule has 0 bridgehead atoms. The molecule has 0 aliphatic rings. The topological polar surface area (TPSA) is 66.4 Å². The minimum absolute atomic E-state index is 0.00536. The zero-order valence-electron chi connectivity index (χ0n) is 24.5. The second kappa shape index (κ2) is 17.7. The van der Waals surface area contributed by atoms with Crippen LogP contribution in [0.4, 0.5) is 10.1 Å². The smallest absolute Gasteiger partial charge is 0.338 e. The van der Waals surface area contributed by atoms with E-state index in [0.717, 1.165) is 17.7 Å². The molecule has 0 aliphatic heterocycles. The van der Waals surface area contributed by atoms with Crippen LogP contribution in [0.15, 0.2) is 65.7 Å². The first kappa shape index (κ1) is 31.7. The minimum Gasteiger partial charge on any atom is -0.490 e. The van der Waals surface area contributed by atoms with Crippen LogP contribution in [0.1, 0.15) is 80.8 Å². The second-order valence-corrected chi connectivity index (χ2v) is 9.65. The first-order valence-corrected chi connectivity index (χ1v) is 14.7. The third-order valence-corrected chi connectivity index (χ3v) is 6.41. The zero-order valence-corrected chi connectivity index (χ0v) is 24.5. The molecule has 0 aliphatic carbocycles. The fraction of sp³-hybridized carbons (Fsp3) is 0.412. The highest BCUT2D eigenvalue weighted by Gasteiger charge is 2.16. The summed E-state index contributed by atoms with van der Waals surface area (Å²) >= 11 is 0. The normalized spacial score (nSPS) is 11.0. The van der Waals surface area contributed by atoms with Gasteiger partial charge in [0.1, 0.15) is 19.0 Å². The van der Waals surface area contributed by atoms with Gasteiger partial charge in [0.05, 0.1) is 24.5 Å². The molecular weight excluding hydrogens is 521 g/mol. The summed E-state index contributed by atoms with van der Waals surface area (Å²) in [6.07, 6.45) is 10.7. The van der Waals surface area contributed by atoms with Crippen LogP contribution in [0, 0.1) is 5.82 Å². The molecule has 0 radical (unpaired) electrons. The number of nitrogens with zero attached hydrogens (tertiary/aromatic N) is 1. The van der Waals surface area contributed by atoms with E-state index in [1.54, 1.807) is 32.2 Å². The van der Waals surface area contributed by atoms with Crippen molar-refractivity contribution in [1.82, 2.24) is 0 Å². The van der Waals surface area contributed by atoms with Gasteiger partial charge in [-0.05, 0) is 62.1 Å². The van der Waals surface area contributed by atoms with E-state index >= 15 is 0 Å². The first-order chi connectivity index (χ1) is 20.0. The van der Waals surface area contributed by atoms with E-state index in [0.29, 0.717) is 18.8 Å². The van der Waals surface area contributed by atoms with Crippen molar-refractivity contribution in [3.63, 3.8) is 0 Å². The van der Waals surface area contributed by atoms with E-state index in [-0.39, 0.29) is 30.5 Å². The number of hydrogen-bond acceptors (Lipinski definition) is 6. The largest absolute Gasteiger partial charge is 0.490 e. The number of rotatable bonds is 18. The SMILES string of the molecule is CCCCCCCCc1ccc(N=Cc2ccc(C(=O)OCCOc3c(OCC)cc(F)cc3OCC)cc2)cc1. The number of carbonyl (C=O) groups excluding carboxylic acids is 1. The number of benzene rings is 3. The summed E-state index contributed by atoms with van der Waals surface area (Å²) in [5, 5.41) is 0. The van der Waals surface area contributed by atoms with Gasteiger partial charge in [-0.2, -0.15) is 0 Å². The number of hydrogen-bond donors (Lipinski definition) is 0. The Morgan fingerprint density at radius 2 is 1.41 bits per heavy atom. The summed E-state index contributed by atoms with van der Waals surface area (Å²) in [4.78, 5) is 17.0. The van der Waals surface area contributed by atoms with Crippen LogP contribution in [0.25, 0.3) is 0 Å². The lowest BCUT2D eigenvalue weighted by atomic mass is 10.0. The number of halogens is 1. The van der Waals surface area contributed by atoms with E-state index in [4.69, 9.17) is 18.9 Å². The molecule has 3 aromatic rings. The maximum absolute atomic E-state index is 13.9. The average molecular weight is 564 g/mol. The molecule has 3 rings (SSSR count). The van der Waals surface area contributed by atoms with E-state index in [1.807, 2.05) is 24.3 Å². The van der Waals surface area contributed by atoms with Crippen molar-refractivity contribution in [1.29, 1.82) is 0 Å². The zero-order chi connectivity index (χ0) is 29.3. The Morgan fingerprint density at radius 1 is 0.780 bits per heavy atom. The maximum atomic E-state index is 13.9. The standard InChI is InChI=1S/C34H42FNO5/c1-4-7-8-9-10-11-12-26-15-19-30(20-16-26)36-25-27-13-17-28(18-14-27)34(37)41-22-21-40-33-31(38-5-2)23-29(35)24-32(33)39-6-3/h13-20,23-25H,4-12,21-22H2,1-3H3. The lowest BCUT2D eigenvalue weighted by Crippen LogP contribution is -2.13. The summed E-state index contributed by atoms with van der Waals surface area (Å²) in [5.74, 6) is -0.192. The van der Waals surface area contributed by atoms with E-state index < -0.39 is 11.8 Å². The number of esters is 1. The van der Waals surface area contributed by atoms with Crippen molar-refractivity contribution < 1.29 is 28.1 Å². The lowest BCUT2D eigenvalue weighted by Gasteiger charge is -2.16. The third kappa shape index (κ3) is 10.9. The number of aliphatic imine (C=N–C) groups is 1. The van der Waals surface area contributed by atoms with E-state index in [9.17, 15) is 9.18 Å². The minimum atomic E-state index is -0.485. The monoisotopic (exact) mass is 563 g/mol. The van der Waals surface area contributed by atoms with Gasteiger partial charge in [-0.3, -0.25) is 4.99 Å². The molecule has 0 spiro atoms. The lowest BCUT2D eigenvalue weighted by molar-refractivity contribution is 0.0447. The molecule has 220 valence electrons. The van der Waals surface area contributed by atoms with Gasteiger partial charge in [0.25, 0.3) is 0 Å². The van der Waals surface area contributed by atoms with Crippen molar-refractivity contribution in [3.8, 4) is 17.2 Å². The molecule has 6 nitrogen and oxygen atoms in total. The van der Waals surface area contributed by atoms with Crippen LogP contribution in [-0.4, -0.2) is 38.6 Å². The van der Waals surface area contributed by atoms with Crippen molar-refractivity contribution in [2.75, 3.05) is 26.4 Å². The molecule has 7 heteroatoms. The molecule has 0 heterocycles. The number of ether oxygens (including phenoxy) is 4. The molecule has 0 saturated heterocycles. The Labute approximate surface area is 243 Å². The summed E-state index contributed by atoms with van der Waals surface area (Å²) in [6, 6.07) is 17.9. The Morgan fingerprint density at radius 3 is 2.05 bits per heavy atom. The van der Waals surface area contributed by atoms with Gasteiger partial charge in [-0.1, -0.05) is 63.3 Å². The third-order valence-electron chi connectivity index (χ3n) is 6.41. The Balaban J connectivity index is 1.45. The van der Waals surface area contributed by atoms with Crippen LogP contribution < -0.4 is 14.2 Å².